The summed E-state index contributed by atoms with van der Waals surface area (Å²) in [5.74, 6) is 3.22. The lowest BCUT2D eigenvalue weighted by Gasteiger charge is -2.59. The molecule has 6 nitrogen and oxygen atoms in total. The highest BCUT2D eigenvalue weighted by Crippen LogP contribution is 2.51. The summed E-state index contributed by atoms with van der Waals surface area (Å²) in [5.41, 5.74) is 0. The van der Waals surface area contributed by atoms with Gasteiger partial charge in [-0.25, -0.2) is 0 Å². The van der Waals surface area contributed by atoms with Gasteiger partial charge in [0, 0.05) is 65.6 Å². The van der Waals surface area contributed by atoms with Gasteiger partial charge in [-0.3, -0.25) is 0 Å². The lowest BCUT2D eigenvalue weighted by atomic mass is 9.54. The molecule has 3 aliphatic carbocycles. The SMILES string of the molecule is COC1CC2CCC3C4C(OC)CC(OC)C(OC)C4C[NH+](C)C3C2CC1OC. The number of rotatable bonds is 5. The van der Waals surface area contributed by atoms with E-state index in [-0.39, 0.29) is 30.5 Å². The molecule has 29 heavy (non-hydrogen) atoms. The summed E-state index contributed by atoms with van der Waals surface area (Å²) in [6.45, 7) is 1.14. The van der Waals surface area contributed by atoms with E-state index >= 15 is 0 Å². The lowest BCUT2D eigenvalue weighted by Crippen LogP contribution is -3.18. The topological polar surface area (TPSA) is 50.6 Å². The van der Waals surface area contributed by atoms with Gasteiger partial charge in [0.15, 0.2) is 0 Å². The molecule has 0 radical (unpaired) electrons. The molecule has 0 aromatic rings. The molecule has 1 N–H and O–H groups in total. The van der Waals surface area contributed by atoms with E-state index in [4.69, 9.17) is 23.7 Å². The number of methoxy groups -OCH3 is 5. The fraction of sp³-hybridized carbons (Fsp3) is 1.00. The van der Waals surface area contributed by atoms with E-state index < -0.39 is 0 Å². The fourth-order valence-corrected chi connectivity index (χ4v) is 8.03. The van der Waals surface area contributed by atoms with E-state index in [0.717, 1.165) is 31.7 Å². The van der Waals surface area contributed by atoms with Crippen molar-refractivity contribution in [2.45, 2.75) is 68.7 Å². The predicted molar refractivity (Wildman–Crippen MR) is 110 cm³/mol. The van der Waals surface area contributed by atoms with Crippen LogP contribution in [0, 0.1) is 29.6 Å². The maximum atomic E-state index is 6.09. The molecule has 0 aromatic heterocycles. The van der Waals surface area contributed by atoms with Crippen LogP contribution in [0.15, 0.2) is 0 Å². The van der Waals surface area contributed by atoms with Crippen LogP contribution in [-0.4, -0.2) is 85.7 Å². The summed E-state index contributed by atoms with van der Waals surface area (Å²) >= 11 is 0. The van der Waals surface area contributed by atoms with Gasteiger partial charge in [0.25, 0.3) is 0 Å². The van der Waals surface area contributed by atoms with Crippen molar-refractivity contribution in [3.63, 3.8) is 0 Å². The highest BCUT2D eigenvalue weighted by molar-refractivity contribution is 5.05. The summed E-state index contributed by atoms with van der Waals surface area (Å²) in [7, 11) is 11.7. The van der Waals surface area contributed by atoms with Crippen molar-refractivity contribution in [3.05, 3.63) is 0 Å². The molecule has 4 aliphatic rings. The quantitative estimate of drug-likeness (QED) is 0.731. The van der Waals surface area contributed by atoms with E-state index in [1.807, 2.05) is 35.5 Å². The first-order valence-electron chi connectivity index (χ1n) is 11.5. The number of ether oxygens (including phenoxy) is 5. The van der Waals surface area contributed by atoms with Gasteiger partial charge < -0.3 is 28.6 Å². The molecule has 3 saturated carbocycles. The lowest BCUT2D eigenvalue weighted by molar-refractivity contribution is -0.929. The Morgan fingerprint density at radius 3 is 1.90 bits per heavy atom. The summed E-state index contributed by atoms with van der Waals surface area (Å²) < 4.78 is 29.6. The van der Waals surface area contributed by atoms with Crippen LogP contribution in [-0.2, 0) is 23.7 Å². The van der Waals surface area contributed by atoms with Crippen LogP contribution in [0.1, 0.15) is 32.1 Å². The van der Waals surface area contributed by atoms with Crippen LogP contribution >= 0.6 is 0 Å². The molecule has 1 aliphatic heterocycles. The molecular weight excluding hydrogens is 370 g/mol. The van der Waals surface area contributed by atoms with Crippen molar-refractivity contribution in [1.29, 1.82) is 0 Å². The monoisotopic (exact) mass is 412 g/mol. The summed E-state index contributed by atoms with van der Waals surface area (Å²) in [4.78, 5) is 1.67. The summed E-state index contributed by atoms with van der Waals surface area (Å²) in [6, 6.07) is 0.680. The second-order valence-corrected chi connectivity index (χ2v) is 9.99. The second-order valence-electron chi connectivity index (χ2n) is 9.99. The van der Waals surface area contributed by atoms with Gasteiger partial charge in [-0.15, -0.1) is 0 Å². The first kappa shape index (κ1) is 22.0. The molecule has 1 heterocycles. The van der Waals surface area contributed by atoms with Gasteiger partial charge in [0.1, 0.15) is 0 Å². The number of likely N-dealkylation sites (tertiary alicyclic amines) is 1. The minimum atomic E-state index is 0.127. The Morgan fingerprint density at radius 1 is 0.621 bits per heavy atom. The van der Waals surface area contributed by atoms with Gasteiger partial charge in [-0.2, -0.15) is 0 Å². The molecule has 6 heteroatoms. The molecule has 0 bridgehead atoms. The zero-order valence-corrected chi connectivity index (χ0v) is 19.1. The Hall–Kier alpha value is -0.240. The number of hydrogen-bond donors (Lipinski definition) is 1. The third-order valence-electron chi connectivity index (χ3n) is 9.13. The van der Waals surface area contributed by atoms with Crippen LogP contribution in [0.4, 0.5) is 0 Å². The van der Waals surface area contributed by atoms with Gasteiger partial charge >= 0.3 is 0 Å². The largest absolute Gasteiger partial charge is 0.381 e. The molecule has 1 saturated heterocycles. The zero-order chi connectivity index (χ0) is 20.7. The van der Waals surface area contributed by atoms with E-state index in [2.05, 4.69) is 7.05 Å². The first-order valence-corrected chi connectivity index (χ1v) is 11.5. The van der Waals surface area contributed by atoms with E-state index in [1.54, 1.807) is 4.90 Å². The van der Waals surface area contributed by atoms with Crippen LogP contribution < -0.4 is 4.90 Å². The molecule has 12 unspecified atom stereocenters. The zero-order valence-electron chi connectivity index (χ0n) is 19.1. The van der Waals surface area contributed by atoms with Gasteiger partial charge in [0.2, 0.25) is 0 Å². The smallest absolute Gasteiger partial charge is 0.0937 e. The molecule has 168 valence electrons. The van der Waals surface area contributed by atoms with Crippen molar-refractivity contribution in [1.82, 2.24) is 0 Å². The predicted octanol–water partition coefficient (Wildman–Crippen LogP) is 1.03. The maximum Gasteiger partial charge on any atom is 0.0937 e. The average molecular weight is 413 g/mol. The van der Waals surface area contributed by atoms with Crippen molar-refractivity contribution in [2.24, 2.45) is 29.6 Å². The van der Waals surface area contributed by atoms with E-state index in [0.29, 0.717) is 29.7 Å². The van der Waals surface area contributed by atoms with Gasteiger partial charge in [-0.05, 0) is 31.6 Å². The fourth-order valence-electron chi connectivity index (χ4n) is 8.03. The maximum absolute atomic E-state index is 6.09. The van der Waals surface area contributed by atoms with E-state index in [9.17, 15) is 0 Å². The highest BCUT2D eigenvalue weighted by atomic mass is 16.5. The van der Waals surface area contributed by atoms with Crippen molar-refractivity contribution >= 4 is 0 Å². The number of piperidine rings is 1. The normalized spacial score (nSPS) is 52.3. The molecule has 4 fully saturated rings. The molecule has 12 atom stereocenters. The van der Waals surface area contributed by atoms with Crippen LogP contribution in [0.3, 0.4) is 0 Å². The average Bonchev–Trinajstić information content (AvgIpc) is 2.76. The number of nitrogens with one attached hydrogen (secondary N) is 1. The number of fused-ring (bicyclic) bond motifs is 5. The number of hydrogen-bond acceptors (Lipinski definition) is 5. The Labute approximate surface area is 176 Å². The minimum absolute atomic E-state index is 0.127. The van der Waals surface area contributed by atoms with Crippen LogP contribution in [0.5, 0.6) is 0 Å². The van der Waals surface area contributed by atoms with Crippen LogP contribution in [0.25, 0.3) is 0 Å². The van der Waals surface area contributed by atoms with Crippen molar-refractivity contribution in [3.8, 4) is 0 Å². The van der Waals surface area contributed by atoms with Gasteiger partial charge in [-0.1, -0.05) is 0 Å². The van der Waals surface area contributed by atoms with Crippen molar-refractivity contribution in [2.75, 3.05) is 49.1 Å². The Morgan fingerprint density at radius 2 is 1.28 bits per heavy atom. The molecular formula is C23H42NO5+. The number of quaternary nitrogens is 1. The second kappa shape index (κ2) is 9.09. The minimum Gasteiger partial charge on any atom is -0.381 e. The Balaban J connectivity index is 1.61. The standard InChI is InChI=1S/C23H41NO5/c1-24-12-16-21(19(27-4)11-20(28-5)23(16)29-6)14-8-7-13-9-17(25-2)18(26-3)10-15(13)22(14)24/h13-23H,7-12H2,1-6H3/p+1. The third-order valence-corrected chi connectivity index (χ3v) is 9.13. The molecule has 4 rings (SSSR count). The molecule has 0 spiro atoms. The Kier molecular flexibility index (Phi) is 6.89. The molecule has 0 amide bonds. The molecule has 0 aromatic carbocycles. The summed E-state index contributed by atoms with van der Waals surface area (Å²) in [6.07, 6.45) is 6.84. The van der Waals surface area contributed by atoms with Crippen molar-refractivity contribution < 1.29 is 28.6 Å². The van der Waals surface area contributed by atoms with E-state index in [1.165, 1.54) is 12.8 Å². The summed E-state index contributed by atoms with van der Waals surface area (Å²) in [5, 5.41) is 0. The third kappa shape index (κ3) is 3.68. The highest BCUT2D eigenvalue weighted by Gasteiger charge is 2.60. The van der Waals surface area contributed by atoms with Crippen LogP contribution in [0.2, 0.25) is 0 Å². The first-order chi connectivity index (χ1) is 14.1. The Bertz CT molecular complexity index is 547. The van der Waals surface area contributed by atoms with Gasteiger partial charge in [0.05, 0.1) is 50.2 Å².